The fourth-order valence-electron chi connectivity index (χ4n) is 2.13. The Morgan fingerprint density at radius 1 is 1.20 bits per heavy atom. The van der Waals surface area contributed by atoms with E-state index in [0.29, 0.717) is 23.7 Å². The van der Waals surface area contributed by atoms with Gasteiger partial charge in [-0.15, -0.1) is 0 Å². The van der Waals surface area contributed by atoms with Crippen LogP contribution < -0.4 is 5.32 Å². The van der Waals surface area contributed by atoms with E-state index in [1.54, 1.807) is 0 Å². The first-order chi connectivity index (χ1) is 9.63. The standard InChI is InChI=1S/C16H23N3O/c1-5-14(17-4)10-15-18-16(19-20-15)13-8-6-12(7-9-13)11(2)3/h6-9,11,14,17H,5,10H2,1-4H3. The van der Waals surface area contributed by atoms with Gasteiger partial charge in [-0.3, -0.25) is 0 Å². The van der Waals surface area contributed by atoms with Crippen LogP contribution in [-0.4, -0.2) is 23.2 Å². The third kappa shape index (κ3) is 3.45. The van der Waals surface area contributed by atoms with Gasteiger partial charge < -0.3 is 9.84 Å². The third-order valence-electron chi connectivity index (χ3n) is 3.63. The maximum atomic E-state index is 5.33. The van der Waals surface area contributed by atoms with Crippen molar-refractivity contribution < 1.29 is 4.52 Å². The van der Waals surface area contributed by atoms with Gasteiger partial charge in [0.25, 0.3) is 0 Å². The van der Waals surface area contributed by atoms with E-state index in [-0.39, 0.29) is 0 Å². The summed E-state index contributed by atoms with van der Waals surface area (Å²) < 4.78 is 5.33. The highest BCUT2D eigenvalue weighted by molar-refractivity contribution is 5.54. The van der Waals surface area contributed by atoms with E-state index in [1.165, 1.54) is 5.56 Å². The van der Waals surface area contributed by atoms with E-state index in [2.05, 4.69) is 60.5 Å². The van der Waals surface area contributed by atoms with E-state index in [9.17, 15) is 0 Å². The van der Waals surface area contributed by atoms with Gasteiger partial charge in [0.15, 0.2) is 0 Å². The summed E-state index contributed by atoms with van der Waals surface area (Å²) in [7, 11) is 1.95. The molecule has 108 valence electrons. The van der Waals surface area contributed by atoms with Gasteiger partial charge in [0.05, 0.1) is 0 Å². The highest BCUT2D eigenvalue weighted by atomic mass is 16.5. The second kappa shape index (κ2) is 6.66. The zero-order valence-electron chi connectivity index (χ0n) is 12.7. The van der Waals surface area contributed by atoms with E-state index < -0.39 is 0 Å². The van der Waals surface area contributed by atoms with Crippen LogP contribution in [0.15, 0.2) is 28.8 Å². The molecule has 0 saturated heterocycles. The largest absolute Gasteiger partial charge is 0.339 e. The molecule has 1 aromatic carbocycles. The van der Waals surface area contributed by atoms with E-state index >= 15 is 0 Å². The fraction of sp³-hybridized carbons (Fsp3) is 0.500. The Kier molecular flexibility index (Phi) is 4.90. The SMILES string of the molecule is CCC(Cc1nc(-c2ccc(C(C)C)cc2)no1)NC. The molecule has 1 atom stereocenters. The average molecular weight is 273 g/mol. The van der Waals surface area contributed by atoms with Crippen molar-refractivity contribution in [1.29, 1.82) is 0 Å². The third-order valence-corrected chi connectivity index (χ3v) is 3.63. The first-order valence-corrected chi connectivity index (χ1v) is 7.24. The van der Waals surface area contributed by atoms with Crippen molar-refractivity contribution in [3.05, 3.63) is 35.7 Å². The fourth-order valence-corrected chi connectivity index (χ4v) is 2.13. The molecule has 0 fully saturated rings. The number of rotatable bonds is 6. The van der Waals surface area contributed by atoms with Crippen LogP contribution in [0.4, 0.5) is 0 Å². The monoisotopic (exact) mass is 273 g/mol. The van der Waals surface area contributed by atoms with Crippen LogP contribution in [0.5, 0.6) is 0 Å². The van der Waals surface area contributed by atoms with Crippen molar-refractivity contribution in [3.63, 3.8) is 0 Å². The quantitative estimate of drug-likeness (QED) is 0.876. The zero-order chi connectivity index (χ0) is 14.5. The van der Waals surface area contributed by atoms with E-state index in [0.717, 1.165) is 18.4 Å². The van der Waals surface area contributed by atoms with Crippen molar-refractivity contribution in [2.45, 2.75) is 45.6 Å². The van der Waals surface area contributed by atoms with Gasteiger partial charge in [-0.1, -0.05) is 50.2 Å². The molecule has 0 amide bonds. The first-order valence-electron chi connectivity index (χ1n) is 7.24. The second-order valence-corrected chi connectivity index (χ2v) is 5.39. The molecule has 2 rings (SSSR count). The number of hydrogen-bond acceptors (Lipinski definition) is 4. The second-order valence-electron chi connectivity index (χ2n) is 5.39. The summed E-state index contributed by atoms with van der Waals surface area (Å²) in [6.07, 6.45) is 1.81. The molecule has 0 aliphatic heterocycles. The Hall–Kier alpha value is -1.68. The van der Waals surface area contributed by atoms with Crippen LogP contribution in [0.25, 0.3) is 11.4 Å². The summed E-state index contributed by atoms with van der Waals surface area (Å²) in [5.74, 6) is 1.89. The van der Waals surface area contributed by atoms with Gasteiger partial charge in [-0.05, 0) is 24.9 Å². The molecule has 4 heteroatoms. The van der Waals surface area contributed by atoms with Gasteiger partial charge >= 0.3 is 0 Å². The number of nitrogens with one attached hydrogen (secondary N) is 1. The number of benzene rings is 1. The van der Waals surface area contributed by atoms with Gasteiger partial charge in [-0.2, -0.15) is 4.98 Å². The summed E-state index contributed by atoms with van der Waals surface area (Å²) in [6, 6.07) is 8.74. The van der Waals surface area contributed by atoms with Gasteiger partial charge in [-0.25, -0.2) is 0 Å². The molecule has 0 radical (unpaired) electrons. The summed E-state index contributed by atoms with van der Waals surface area (Å²) in [5, 5.41) is 7.31. The maximum Gasteiger partial charge on any atom is 0.228 e. The van der Waals surface area contributed by atoms with Crippen LogP contribution >= 0.6 is 0 Å². The Labute approximate surface area is 120 Å². The minimum absolute atomic E-state index is 0.381. The molecule has 1 aromatic heterocycles. The number of nitrogens with zero attached hydrogens (tertiary/aromatic N) is 2. The molecular formula is C16H23N3O. The normalized spacial score (nSPS) is 12.8. The van der Waals surface area contributed by atoms with Crippen molar-refractivity contribution in [2.24, 2.45) is 0 Å². The van der Waals surface area contributed by atoms with Crippen LogP contribution in [0.1, 0.15) is 44.6 Å². The highest BCUT2D eigenvalue weighted by Crippen LogP contribution is 2.20. The summed E-state index contributed by atoms with van der Waals surface area (Å²) in [6.45, 7) is 6.51. The summed E-state index contributed by atoms with van der Waals surface area (Å²) >= 11 is 0. The van der Waals surface area contributed by atoms with Gasteiger partial charge in [0, 0.05) is 18.0 Å². The lowest BCUT2D eigenvalue weighted by atomic mass is 10.0. The van der Waals surface area contributed by atoms with Gasteiger partial charge in [0.2, 0.25) is 11.7 Å². The Morgan fingerprint density at radius 2 is 1.90 bits per heavy atom. The average Bonchev–Trinajstić information content (AvgIpc) is 2.93. The van der Waals surface area contributed by atoms with Crippen molar-refractivity contribution in [3.8, 4) is 11.4 Å². The minimum atomic E-state index is 0.381. The lowest BCUT2D eigenvalue weighted by Gasteiger charge is -2.09. The van der Waals surface area contributed by atoms with Crippen LogP contribution in [0, 0.1) is 0 Å². The molecule has 0 aliphatic rings. The summed E-state index contributed by atoms with van der Waals surface area (Å²) in [4.78, 5) is 4.47. The van der Waals surface area contributed by atoms with Crippen LogP contribution in [-0.2, 0) is 6.42 Å². The molecule has 20 heavy (non-hydrogen) atoms. The predicted octanol–water partition coefficient (Wildman–Crippen LogP) is 3.40. The molecule has 2 aromatic rings. The number of hydrogen-bond donors (Lipinski definition) is 1. The topological polar surface area (TPSA) is 51.0 Å². The lowest BCUT2D eigenvalue weighted by Crippen LogP contribution is -2.26. The first kappa shape index (κ1) is 14.7. The van der Waals surface area contributed by atoms with Gasteiger partial charge in [0.1, 0.15) is 0 Å². The van der Waals surface area contributed by atoms with E-state index in [1.807, 2.05) is 7.05 Å². The Balaban J connectivity index is 2.12. The number of likely N-dealkylation sites (N-methyl/N-ethyl adjacent to an activating group) is 1. The molecule has 1 unspecified atom stereocenters. The molecular weight excluding hydrogens is 250 g/mol. The molecule has 1 heterocycles. The molecule has 0 spiro atoms. The van der Waals surface area contributed by atoms with Crippen LogP contribution in [0.3, 0.4) is 0 Å². The summed E-state index contributed by atoms with van der Waals surface area (Å²) in [5.41, 5.74) is 2.32. The highest BCUT2D eigenvalue weighted by Gasteiger charge is 2.12. The van der Waals surface area contributed by atoms with Crippen molar-refractivity contribution in [2.75, 3.05) is 7.05 Å². The van der Waals surface area contributed by atoms with Crippen molar-refractivity contribution in [1.82, 2.24) is 15.5 Å². The molecule has 0 aliphatic carbocycles. The minimum Gasteiger partial charge on any atom is -0.339 e. The zero-order valence-corrected chi connectivity index (χ0v) is 12.7. The Bertz CT molecular complexity index is 527. The van der Waals surface area contributed by atoms with Crippen LogP contribution in [0.2, 0.25) is 0 Å². The molecule has 4 nitrogen and oxygen atoms in total. The number of aromatic nitrogens is 2. The smallest absolute Gasteiger partial charge is 0.228 e. The van der Waals surface area contributed by atoms with E-state index in [4.69, 9.17) is 4.52 Å². The molecule has 0 saturated carbocycles. The van der Waals surface area contributed by atoms with Crippen molar-refractivity contribution >= 4 is 0 Å². The lowest BCUT2D eigenvalue weighted by molar-refractivity contribution is 0.359. The predicted molar refractivity (Wildman–Crippen MR) is 80.7 cm³/mol. The molecule has 0 bridgehead atoms. The molecule has 1 N–H and O–H groups in total. The Morgan fingerprint density at radius 3 is 2.45 bits per heavy atom. The maximum absolute atomic E-state index is 5.33.